The van der Waals surface area contributed by atoms with Gasteiger partial charge in [0.15, 0.2) is 0 Å². The fourth-order valence-corrected chi connectivity index (χ4v) is 5.97. The van der Waals surface area contributed by atoms with Gasteiger partial charge in [0.25, 0.3) is 10.2 Å². The quantitative estimate of drug-likeness (QED) is 0.835. The SMILES string of the molecule is CC1CCN(S(=O)(=O)N2C(C)SCC2C(=O)O)CC1. The Labute approximate surface area is 118 Å². The van der Waals surface area contributed by atoms with E-state index in [0.717, 1.165) is 17.1 Å². The molecule has 0 bridgehead atoms. The van der Waals surface area contributed by atoms with Crippen LogP contribution in [0.1, 0.15) is 26.7 Å². The number of nitrogens with zero attached hydrogens (tertiary/aromatic N) is 2. The lowest BCUT2D eigenvalue weighted by molar-refractivity contribution is -0.140. The second kappa shape index (κ2) is 5.59. The van der Waals surface area contributed by atoms with Crippen molar-refractivity contribution in [2.75, 3.05) is 18.8 Å². The number of carboxylic acids is 1. The number of thioether (sulfide) groups is 1. The smallest absolute Gasteiger partial charge is 0.322 e. The van der Waals surface area contributed by atoms with Crippen LogP contribution in [0.4, 0.5) is 0 Å². The van der Waals surface area contributed by atoms with Crippen molar-refractivity contribution in [1.29, 1.82) is 0 Å². The normalized spacial score (nSPS) is 31.7. The molecule has 2 saturated heterocycles. The van der Waals surface area contributed by atoms with E-state index in [1.807, 2.05) is 0 Å². The number of hydrogen-bond donors (Lipinski definition) is 1. The average molecular weight is 308 g/mol. The fourth-order valence-electron chi connectivity index (χ4n) is 2.51. The van der Waals surface area contributed by atoms with Gasteiger partial charge in [-0.2, -0.15) is 17.0 Å². The van der Waals surface area contributed by atoms with Crippen molar-refractivity contribution in [3.63, 3.8) is 0 Å². The molecule has 0 aliphatic carbocycles. The Bertz CT molecular complexity index is 446. The van der Waals surface area contributed by atoms with Gasteiger partial charge in [0, 0.05) is 18.8 Å². The van der Waals surface area contributed by atoms with Gasteiger partial charge in [0.05, 0.1) is 5.37 Å². The van der Waals surface area contributed by atoms with Crippen molar-refractivity contribution in [3.05, 3.63) is 0 Å². The third-order valence-electron chi connectivity index (χ3n) is 3.78. The Morgan fingerprint density at radius 2 is 1.84 bits per heavy atom. The fraction of sp³-hybridized carbons (Fsp3) is 0.909. The van der Waals surface area contributed by atoms with E-state index in [1.165, 1.54) is 16.1 Å². The van der Waals surface area contributed by atoms with Gasteiger partial charge in [-0.05, 0) is 25.7 Å². The maximum absolute atomic E-state index is 12.6. The third kappa shape index (κ3) is 2.91. The van der Waals surface area contributed by atoms with Crippen LogP contribution in [0, 0.1) is 5.92 Å². The molecule has 2 aliphatic rings. The van der Waals surface area contributed by atoms with E-state index in [-0.39, 0.29) is 5.37 Å². The standard InChI is InChI=1S/C11H20N2O4S2/c1-8-3-5-12(6-4-8)19(16,17)13-9(2)18-7-10(13)11(14)15/h8-10H,3-7H2,1-2H3,(H,14,15). The van der Waals surface area contributed by atoms with Crippen LogP contribution >= 0.6 is 11.8 Å². The molecular formula is C11H20N2O4S2. The van der Waals surface area contributed by atoms with Gasteiger partial charge in [-0.15, -0.1) is 11.8 Å². The van der Waals surface area contributed by atoms with Crippen molar-refractivity contribution in [1.82, 2.24) is 8.61 Å². The largest absolute Gasteiger partial charge is 0.480 e. The van der Waals surface area contributed by atoms with Gasteiger partial charge in [-0.25, -0.2) is 0 Å². The molecule has 0 aromatic rings. The minimum absolute atomic E-state index is 0.314. The minimum Gasteiger partial charge on any atom is -0.480 e. The first-order valence-corrected chi connectivity index (χ1v) is 8.91. The maximum atomic E-state index is 12.6. The summed E-state index contributed by atoms with van der Waals surface area (Å²) in [7, 11) is -3.66. The highest BCUT2D eigenvalue weighted by Crippen LogP contribution is 2.34. The first-order valence-electron chi connectivity index (χ1n) is 6.47. The summed E-state index contributed by atoms with van der Waals surface area (Å²) in [6.45, 7) is 4.84. The van der Waals surface area contributed by atoms with Crippen LogP contribution in [-0.2, 0) is 15.0 Å². The van der Waals surface area contributed by atoms with Crippen molar-refractivity contribution < 1.29 is 18.3 Å². The summed E-state index contributed by atoms with van der Waals surface area (Å²) < 4.78 is 27.8. The Morgan fingerprint density at radius 3 is 2.37 bits per heavy atom. The van der Waals surface area contributed by atoms with Crippen LogP contribution in [0.25, 0.3) is 0 Å². The van der Waals surface area contributed by atoms with Crippen molar-refractivity contribution >= 4 is 27.9 Å². The molecule has 8 heteroatoms. The molecule has 0 spiro atoms. The molecule has 0 radical (unpaired) electrons. The Kier molecular flexibility index (Phi) is 4.44. The minimum atomic E-state index is -3.66. The van der Waals surface area contributed by atoms with Crippen molar-refractivity contribution in [2.45, 2.75) is 38.1 Å². The van der Waals surface area contributed by atoms with Gasteiger partial charge < -0.3 is 5.11 Å². The molecule has 110 valence electrons. The lowest BCUT2D eigenvalue weighted by Crippen LogP contribution is -2.52. The average Bonchev–Trinajstić information content (AvgIpc) is 2.72. The number of carbonyl (C=O) groups is 1. The van der Waals surface area contributed by atoms with Crippen LogP contribution in [0.15, 0.2) is 0 Å². The number of hydrogen-bond acceptors (Lipinski definition) is 4. The summed E-state index contributed by atoms with van der Waals surface area (Å²) in [5.41, 5.74) is 0. The van der Waals surface area contributed by atoms with E-state index >= 15 is 0 Å². The summed E-state index contributed by atoms with van der Waals surface area (Å²) in [5, 5.41) is 8.85. The van der Waals surface area contributed by atoms with Gasteiger partial charge in [-0.3, -0.25) is 4.79 Å². The predicted molar refractivity (Wildman–Crippen MR) is 74.1 cm³/mol. The monoisotopic (exact) mass is 308 g/mol. The number of piperidine rings is 1. The van der Waals surface area contributed by atoms with Crippen LogP contribution in [-0.4, -0.2) is 58.4 Å². The van der Waals surface area contributed by atoms with Gasteiger partial charge >= 0.3 is 5.97 Å². The molecule has 2 aliphatic heterocycles. The molecule has 19 heavy (non-hydrogen) atoms. The zero-order valence-electron chi connectivity index (χ0n) is 11.2. The summed E-state index contributed by atoms with van der Waals surface area (Å²) in [5.74, 6) is -0.210. The first kappa shape index (κ1) is 15.1. The second-order valence-electron chi connectivity index (χ2n) is 5.21. The summed E-state index contributed by atoms with van der Waals surface area (Å²) >= 11 is 1.37. The molecule has 2 heterocycles. The van der Waals surface area contributed by atoms with Gasteiger partial charge in [-0.1, -0.05) is 6.92 Å². The van der Waals surface area contributed by atoms with Crippen LogP contribution in [0.2, 0.25) is 0 Å². The van der Waals surface area contributed by atoms with Crippen molar-refractivity contribution in [2.24, 2.45) is 5.92 Å². The van der Waals surface area contributed by atoms with Crippen LogP contribution in [0.3, 0.4) is 0 Å². The molecule has 2 atom stereocenters. The lowest BCUT2D eigenvalue weighted by Gasteiger charge is -2.35. The highest BCUT2D eigenvalue weighted by atomic mass is 32.2. The molecular weight excluding hydrogens is 288 g/mol. The van der Waals surface area contributed by atoms with E-state index in [1.54, 1.807) is 6.92 Å². The number of aliphatic carboxylic acids is 1. The van der Waals surface area contributed by atoms with Gasteiger partial charge in [0.2, 0.25) is 0 Å². The van der Waals surface area contributed by atoms with E-state index in [0.29, 0.717) is 24.8 Å². The van der Waals surface area contributed by atoms with E-state index in [4.69, 9.17) is 5.11 Å². The Morgan fingerprint density at radius 1 is 1.26 bits per heavy atom. The third-order valence-corrected chi connectivity index (χ3v) is 7.25. The predicted octanol–water partition coefficient (Wildman–Crippen LogP) is 0.811. The Hall–Kier alpha value is -0.310. The lowest BCUT2D eigenvalue weighted by atomic mass is 10.0. The zero-order chi connectivity index (χ0) is 14.2. The highest BCUT2D eigenvalue weighted by molar-refractivity contribution is 8.01. The molecule has 2 unspecified atom stereocenters. The number of carboxylic acid groups (broad SMARTS) is 1. The van der Waals surface area contributed by atoms with Crippen LogP contribution in [0.5, 0.6) is 0 Å². The van der Waals surface area contributed by atoms with E-state index in [2.05, 4.69) is 6.92 Å². The number of rotatable bonds is 3. The molecule has 0 saturated carbocycles. The summed E-state index contributed by atoms with van der Waals surface area (Å²) in [6, 6.07) is -0.940. The first-order chi connectivity index (χ1) is 8.84. The van der Waals surface area contributed by atoms with Crippen molar-refractivity contribution in [3.8, 4) is 0 Å². The second-order valence-corrected chi connectivity index (χ2v) is 8.39. The molecule has 2 fully saturated rings. The molecule has 6 nitrogen and oxygen atoms in total. The molecule has 0 aromatic heterocycles. The highest BCUT2D eigenvalue weighted by Gasteiger charge is 2.46. The Balaban J connectivity index is 2.20. The van der Waals surface area contributed by atoms with E-state index in [9.17, 15) is 13.2 Å². The van der Waals surface area contributed by atoms with Gasteiger partial charge in [0.1, 0.15) is 6.04 Å². The zero-order valence-corrected chi connectivity index (χ0v) is 12.8. The molecule has 2 rings (SSSR count). The van der Waals surface area contributed by atoms with Crippen LogP contribution < -0.4 is 0 Å². The topological polar surface area (TPSA) is 77.9 Å². The summed E-state index contributed by atoms with van der Waals surface area (Å²) in [6.07, 6.45) is 1.68. The molecule has 0 aromatic carbocycles. The molecule has 0 amide bonds. The van der Waals surface area contributed by atoms with E-state index < -0.39 is 22.2 Å². The molecule has 1 N–H and O–H groups in total. The summed E-state index contributed by atoms with van der Waals surface area (Å²) in [4.78, 5) is 11.2. The maximum Gasteiger partial charge on any atom is 0.322 e.